The van der Waals surface area contributed by atoms with Crippen molar-refractivity contribution < 1.29 is 4.42 Å². The van der Waals surface area contributed by atoms with Crippen LogP contribution in [-0.2, 0) is 0 Å². The summed E-state index contributed by atoms with van der Waals surface area (Å²) < 4.78 is 5.59. The molecule has 0 saturated heterocycles. The van der Waals surface area contributed by atoms with Gasteiger partial charge in [-0.25, -0.2) is 0 Å². The molecule has 3 rings (SSSR count). The van der Waals surface area contributed by atoms with E-state index in [1.54, 1.807) is 6.26 Å². The smallest absolute Gasteiger partial charge is 0.171 e. The van der Waals surface area contributed by atoms with Crippen LogP contribution in [0.15, 0.2) is 71.3 Å². The van der Waals surface area contributed by atoms with Gasteiger partial charge in [-0.1, -0.05) is 36.4 Å². The Hall–Kier alpha value is -2.59. The number of nitrogens with one attached hydrogen (secondary N) is 2. The quantitative estimate of drug-likeness (QED) is 0.660. The Morgan fingerprint density at radius 1 is 0.958 bits per heavy atom. The Labute approximate surface area is 147 Å². The monoisotopic (exact) mass is 336 g/mol. The van der Waals surface area contributed by atoms with Crippen LogP contribution in [0.4, 0.5) is 5.69 Å². The van der Waals surface area contributed by atoms with E-state index in [1.807, 2.05) is 30.3 Å². The largest absolute Gasteiger partial charge is 0.467 e. The van der Waals surface area contributed by atoms with Crippen molar-refractivity contribution in [2.45, 2.75) is 19.9 Å². The van der Waals surface area contributed by atoms with Crippen molar-refractivity contribution >= 4 is 23.0 Å². The zero-order valence-electron chi connectivity index (χ0n) is 13.7. The van der Waals surface area contributed by atoms with Crippen molar-refractivity contribution in [3.8, 4) is 0 Å². The van der Waals surface area contributed by atoms with E-state index in [0.29, 0.717) is 5.11 Å². The molecular weight excluding hydrogens is 316 g/mol. The van der Waals surface area contributed by atoms with Crippen LogP contribution in [0.25, 0.3) is 0 Å². The van der Waals surface area contributed by atoms with Gasteiger partial charge < -0.3 is 15.1 Å². The average molecular weight is 336 g/mol. The van der Waals surface area contributed by atoms with Crippen molar-refractivity contribution in [1.29, 1.82) is 0 Å². The van der Waals surface area contributed by atoms with E-state index < -0.39 is 0 Å². The van der Waals surface area contributed by atoms with Crippen LogP contribution in [0.5, 0.6) is 0 Å². The van der Waals surface area contributed by atoms with Gasteiger partial charge in [0.05, 0.1) is 6.26 Å². The molecule has 122 valence electrons. The van der Waals surface area contributed by atoms with Crippen molar-refractivity contribution in [3.63, 3.8) is 0 Å². The molecular formula is C20H20N2OS. The predicted molar refractivity (Wildman–Crippen MR) is 102 cm³/mol. The minimum absolute atomic E-state index is 0.132. The van der Waals surface area contributed by atoms with Gasteiger partial charge in [0.15, 0.2) is 5.11 Å². The Kier molecular flexibility index (Phi) is 4.96. The standard InChI is InChI=1S/C20H20N2OS/c1-14-11-15(2)13-17(12-14)21-20(24)22-19(18-9-6-10-23-18)16-7-4-3-5-8-16/h3-13,19H,1-2H3,(H2,21,22,24)/t19-/m1/s1. The summed E-state index contributed by atoms with van der Waals surface area (Å²) in [5, 5.41) is 7.17. The highest BCUT2D eigenvalue weighted by Crippen LogP contribution is 2.23. The summed E-state index contributed by atoms with van der Waals surface area (Å²) in [6, 6.07) is 20.1. The van der Waals surface area contributed by atoms with Gasteiger partial charge in [0.2, 0.25) is 0 Å². The van der Waals surface area contributed by atoms with E-state index in [0.717, 1.165) is 17.0 Å². The van der Waals surface area contributed by atoms with Gasteiger partial charge in [-0.3, -0.25) is 0 Å². The van der Waals surface area contributed by atoms with Gasteiger partial charge >= 0.3 is 0 Å². The van der Waals surface area contributed by atoms with E-state index in [4.69, 9.17) is 16.6 Å². The van der Waals surface area contributed by atoms with Gasteiger partial charge in [-0.05, 0) is 67.0 Å². The maximum Gasteiger partial charge on any atom is 0.171 e. The third-order valence-electron chi connectivity index (χ3n) is 3.72. The molecule has 0 saturated carbocycles. The topological polar surface area (TPSA) is 37.2 Å². The summed E-state index contributed by atoms with van der Waals surface area (Å²) >= 11 is 5.51. The van der Waals surface area contributed by atoms with Gasteiger partial charge in [0.1, 0.15) is 11.8 Å². The molecule has 24 heavy (non-hydrogen) atoms. The lowest BCUT2D eigenvalue weighted by Gasteiger charge is -2.20. The number of aryl methyl sites for hydroxylation is 2. The molecule has 1 aromatic heterocycles. The number of hydrogen-bond donors (Lipinski definition) is 2. The molecule has 0 bridgehead atoms. The third-order valence-corrected chi connectivity index (χ3v) is 3.94. The van der Waals surface area contributed by atoms with Gasteiger partial charge in [0.25, 0.3) is 0 Å². The van der Waals surface area contributed by atoms with Gasteiger partial charge in [0, 0.05) is 5.69 Å². The number of anilines is 1. The molecule has 3 nitrogen and oxygen atoms in total. The van der Waals surface area contributed by atoms with Crippen molar-refractivity contribution in [3.05, 3.63) is 89.4 Å². The van der Waals surface area contributed by atoms with Gasteiger partial charge in [-0.2, -0.15) is 0 Å². The molecule has 0 aliphatic carbocycles. The molecule has 0 unspecified atom stereocenters. The van der Waals surface area contributed by atoms with Crippen molar-refractivity contribution in [2.75, 3.05) is 5.32 Å². The molecule has 2 N–H and O–H groups in total. The lowest BCUT2D eigenvalue weighted by molar-refractivity contribution is 0.476. The van der Waals surface area contributed by atoms with E-state index in [9.17, 15) is 0 Å². The first kappa shape index (κ1) is 16.3. The first-order valence-corrected chi connectivity index (χ1v) is 8.27. The van der Waals surface area contributed by atoms with Gasteiger partial charge in [-0.15, -0.1) is 0 Å². The fourth-order valence-electron chi connectivity index (χ4n) is 2.76. The molecule has 0 fully saturated rings. The molecule has 0 amide bonds. The van der Waals surface area contributed by atoms with Crippen LogP contribution in [-0.4, -0.2) is 5.11 Å². The summed E-state index contributed by atoms with van der Waals surface area (Å²) in [6.07, 6.45) is 1.67. The lowest BCUT2D eigenvalue weighted by Crippen LogP contribution is -2.32. The normalized spacial score (nSPS) is 11.8. The third kappa shape index (κ3) is 4.03. The zero-order valence-corrected chi connectivity index (χ0v) is 14.6. The minimum atomic E-state index is -0.132. The molecule has 0 aliphatic rings. The Morgan fingerprint density at radius 2 is 1.67 bits per heavy atom. The predicted octanol–water partition coefficient (Wildman–Crippen LogP) is 4.97. The van der Waals surface area contributed by atoms with Crippen LogP contribution in [0.3, 0.4) is 0 Å². The fraction of sp³-hybridized carbons (Fsp3) is 0.150. The minimum Gasteiger partial charge on any atom is -0.467 e. The van der Waals surface area contributed by atoms with Crippen molar-refractivity contribution in [1.82, 2.24) is 5.32 Å². The lowest BCUT2D eigenvalue weighted by atomic mass is 10.1. The van der Waals surface area contributed by atoms with Crippen LogP contribution >= 0.6 is 12.2 Å². The second-order valence-electron chi connectivity index (χ2n) is 5.83. The molecule has 3 aromatic rings. The van der Waals surface area contributed by atoms with E-state index in [1.165, 1.54) is 11.1 Å². The molecule has 0 radical (unpaired) electrons. The molecule has 1 atom stereocenters. The average Bonchev–Trinajstić information content (AvgIpc) is 3.06. The van der Waals surface area contributed by atoms with E-state index >= 15 is 0 Å². The van der Waals surface area contributed by atoms with Crippen molar-refractivity contribution in [2.24, 2.45) is 0 Å². The highest BCUT2D eigenvalue weighted by atomic mass is 32.1. The molecule has 0 spiro atoms. The number of furan rings is 1. The van der Waals surface area contributed by atoms with Crippen LogP contribution in [0.2, 0.25) is 0 Å². The summed E-state index contributed by atoms with van der Waals surface area (Å²) in [7, 11) is 0. The maximum atomic E-state index is 5.59. The summed E-state index contributed by atoms with van der Waals surface area (Å²) in [4.78, 5) is 0. The highest BCUT2D eigenvalue weighted by Gasteiger charge is 2.17. The highest BCUT2D eigenvalue weighted by molar-refractivity contribution is 7.80. The Bertz CT molecular complexity index is 793. The molecule has 1 heterocycles. The summed E-state index contributed by atoms with van der Waals surface area (Å²) in [6.45, 7) is 4.15. The summed E-state index contributed by atoms with van der Waals surface area (Å²) in [5.74, 6) is 0.825. The summed E-state index contributed by atoms with van der Waals surface area (Å²) in [5.41, 5.74) is 4.48. The van der Waals surface area contributed by atoms with Crippen LogP contribution in [0.1, 0.15) is 28.5 Å². The zero-order chi connectivity index (χ0) is 16.9. The van der Waals surface area contributed by atoms with E-state index in [2.05, 4.69) is 54.8 Å². The Balaban J connectivity index is 1.79. The Morgan fingerprint density at radius 3 is 2.29 bits per heavy atom. The first-order valence-electron chi connectivity index (χ1n) is 7.86. The number of hydrogen-bond acceptors (Lipinski definition) is 2. The molecule has 0 aliphatic heterocycles. The number of thiocarbonyl (C=S) groups is 1. The second-order valence-corrected chi connectivity index (χ2v) is 6.24. The maximum absolute atomic E-state index is 5.59. The van der Waals surface area contributed by atoms with Crippen LogP contribution < -0.4 is 10.6 Å². The fourth-order valence-corrected chi connectivity index (χ4v) is 3.00. The number of rotatable bonds is 4. The first-order chi connectivity index (χ1) is 11.6. The molecule has 4 heteroatoms. The van der Waals surface area contributed by atoms with Crippen LogP contribution in [0, 0.1) is 13.8 Å². The molecule has 2 aromatic carbocycles. The second kappa shape index (κ2) is 7.32. The number of benzene rings is 2. The SMILES string of the molecule is Cc1cc(C)cc(NC(=S)N[C@H](c2ccccc2)c2ccco2)c1. The van der Waals surface area contributed by atoms with E-state index in [-0.39, 0.29) is 6.04 Å².